The van der Waals surface area contributed by atoms with Crippen LogP contribution >= 0.6 is 0 Å². The maximum atomic E-state index is 11.8. The normalized spacial score (nSPS) is 10.2. The molecule has 1 aromatic carbocycles. The lowest BCUT2D eigenvalue weighted by Gasteiger charge is -2.04. The fourth-order valence-corrected chi connectivity index (χ4v) is 1.82. The Morgan fingerprint density at radius 3 is 2.45 bits per heavy atom. The number of aromatic carboxylic acids is 1. The second-order valence-electron chi connectivity index (χ2n) is 4.44. The van der Waals surface area contributed by atoms with Crippen LogP contribution in [0.25, 0.3) is 0 Å². The molecule has 20 heavy (non-hydrogen) atoms. The van der Waals surface area contributed by atoms with E-state index in [-0.39, 0.29) is 11.5 Å². The maximum absolute atomic E-state index is 11.8. The van der Waals surface area contributed by atoms with Crippen LogP contribution in [0.1, 0.15) is 32.0 Å². The third-order valence-corrected chi connectivity index (χ3v) is 2.97. The Hall–Kier alpha value is -2.56. The highest BCUT2D eigenvalue weighted by molar-refractivity contribution is 5.92. The second-order valence-corrected chi connectivity index (χ2v) is 4.44. The minimum atomic E-state index is -0.946. The molecule has 1 aromatic heterocycles. The van der Waals surface area contributed by atoms with Crippen LogP contribution in [0.3, 0.4) is 0 Å². The molecule has 5 nitrogen and oxygen atoms in total. The van der Waals surface area contributed by atoms with Gasteiger partial charge in [0.15, 0.2) is 5.76 Å². The molecule has 0 aliphatic rings. The lowest BCUT2D eigenvalue weighted by atomic mass is 10.1. The zero-order valence-corrected chi connectivity index (χ0v) is 11.1. The molecular formula is C15H15NO4. The number of carboxylic acid groups (broad SMARTS) is 1. The van der Waals surface area contributed by atoms with Crippen LogP contribution in [0, 0.1) is 6.92 Å². The summed E-state index contributed by atoms with van der Waals surface area (Å²) in [5.74, 6) is -0.862. The van der Waals surface area contributed by atoms with Crippen molar-refractivity contribution in [2.75, 3.05) is 6.54 Å². The number of amides is 1. The van der Waals surface area contributed by atoms with Crippen molar-refractivity contribution in [3.05, 3.63) is 59.0 Å². The van der Waals surface area contributed by atoms with Crippen molar-refractivity contribution in [2.24, 2.45) is 0 Å². The summed E-state index contributed by atoms with van der Waals surface area (Å²) >= 11 is 0. The van der Waals surface area contributed by atoms with Crippen molar-refractivity contribution < 1.29 is 19.1 Å². The zero-order valence-electron chi connectivity index (χ0n) is 11.1. The van der Waals surface area contributed by atoms with Gasteiger partial charge in [-0.3, -0.25) is 4.79 Å². The van der Waals surface area contributed by atoms with E-state index in [1.54, 1.807) is 30.3 Å². The van der Waals surface area contributed by atoms with Gasteiger partial charge in [0.2, 0.25) is 0 Å². The molecule has 2 rings (SSSR count). The number of rotatable bonds is 5. The third kappa shape index (κ3) is 3.26. The third-order valence-electron chi connectivity index (χ3n) is 2.97. The quantitative estimate of drug-likeness (QED) is 0.875. The van der Waals surface area contributed by atoms with Gasteiger partial charge in [0.1, 0.15) is 0 Å². The number of nitrogens with one attached hydrogen (secondary N) is 1. The van der Waals surface area contributed by atoms with Crippen LogP contribution in [0.15, 0.2) is 41.0 Å². The van der Waals surface area contributed by atoms with Gasteiger partial charge in [0, 0.05) is 12.1 Å². The Morgan fingerprint density at radius 1 is 1.20 bits per heavy atom. The van der Waals surface area contributed by atoms with Gasteiger partial charge in [-0.25, -0.2) is 4.79 Å². The number of hydrogen-bond acceptors (Lipinski definition) is 3. The van der Waals surface area contributed by atoms with E-state index in [1.165, 1.54) is 6.26 Å². The smallest absolute Gasteiger partial charge is 0.335 e. The van der Waals surface area contributed by atoms with Crippen LogP contribution in [-0.4, -0.2) is 23.5 Å². The SMILES string of the molecule is Cc1ccoc1C(=O)NCCc1ccc(C(=O)O)cc1. The number of carbonyl (C=O) groups is 2. The highest BCUT2D eigenvalue weighted by Crippen LogP contribution is 2.08. The number of aryl methyl sites for hydroxylation is 1. The highest BCUT2D eigenvalue weighted by atomic mass is 16.4. The molecule has 0 atom stereocenters. The average Bonchev–Trinajstić information content (AvgIpc) is 2.85. The van der Waals surface area contributed by atoms with Crippen molar-refractivity contribution in [1.29, 1.82) is 0 Å². The summed E-state index contributed by atoms with van der Waals surface area (Å²) in [5, 5.41) is 11.6. The first-order chi connectivity index (χ1) is 9.58. The first-order valence-electron chi connectivity index (χ1n) is 6.22. The van der Waals surface area contributed by atoms with Gasteiger partial charge < -0.3 is 14.8 Å². The molecule has 0 bridgehead atoms. The van der Waals surface area contributed by atoms with Gasteiger partial charge in [-0.05, 0) is 37.1 Å². The lowest BCUT2D eigenvalue weighted by molar-refractivity contribution is 0.0696. The van der Waals surface area contributed by atoms with Gasteiger partial charge >= 0.3 is 5.97 Å². The average molecular weight is 273 g/mol. The molecule has 104 valence electrons. The van der Waals surface area contributed by atoms with Crippen molar-refractivity contribution in [2.45, 2.75) is 13.3 Å². The Morgan fingerprint density at radius 2 is 1.90 bits per heavy atom. The summed E-state index contributed by atoms with van der Waals surface area (Å²) in [6.07, 6.45) is 2.11. The highest BCUT2D eigenvalue weighted by Gasteiger charge is 2.11. The van der Waals surface area contributed by atoms with Crippen LogP contribution < -0.4 is 5.32 Å². The lowest BCUT2D eigenvalue weighted by Crippen LogP contribution is -2.25. The number of carbonyl (C=O) groups excluding carboxylic acids is 1. The first kappa shape index (κ1) is 13.9. The van der Waals surface area contributed by atoms with Crippen LogP contribution in [0.5, 0.6) is 0 Å². The standard InChI is InChI=1S/C15H15NO4/c1-10-7-9-20-13(10)14(17)16-8-6-11-2-4-12(5-3-11)15(18)19/h2-5,7,9H,6,8H2,1H3,(H,16,17)(H,18,19). The summed E-state index contributed by atoms with van der Waals surface area (Å²) in [5.41, 5.74) is 2.02. The molecule has 1 heterocycles. The fourth-order valence-electron chi connectivity index (χ4n) is 1.82. The molecule has 2 N–H and O–H groups in total. The first-order valence-corrected chi connectivity index (χ1v) is 6.22. The molecule has 0 fully saturated rings. The van der Waals surface area contributed by atoms with E-state index < -0.39 is 5.97 Å². The molecule has 5 heteroatoms. The topological polar surface area (TPSA) is 79.5 Å². The minimum Gasteiger partial charge on any atom is -0.478 e. The Labute approximate surface area is 116 Å². The Balaban J connectivity index is 1.85. The second kappa shape index (κ2) is 6.06. The summed E-state index contributed by atoms with van der Waals surface area (Å²) in [6.45, 7) is 2.27. The molecule has 0 spiro atoms. The summed E-state index contributed by atoms with van der Waals surface area (Å²) in [7, 11) is 0. The van der Waals surface area contributed by atoms with E-state index in [9.17, 15) is 9.59 Å². The largest absolute Gasteiger partial charge is 0.478 e. The van der Waals surface area contributed by atoms with Gasteiger partial charge in [-0.1, -0.05) is 12.1 Å². The number of furan rings is 1. The molecule has 0 saturated carbocycles. The molecule has 2 aromatic rings. The molecule has 1 amide bonds. The van der Waals surface area contributed by atoms with Crippen molar-refractivity contribution in [3.63, 3.8) is 0 Å². The maximum Gasteiger partial charge on any atom is 0.335 e. The van der Waals surface area contributed by atoms with E-state index in [0.29, 0.717) is 18.7 Å². The number of carboxylic acids is 1. The van der Waals surface area contributed by atoms with Crippen LogP contribution in [0.4, 0.5) is 0 Å². The molecule has 0 aliphatic carbocycles. The Kier molecular flexibility index (Phi) is 4.20. The van der Waals surface area contributed by atoms with Gasteiger partial charge in [-0.2, -0.15) is 0 Å². The van der Waals surface area contributed by atoms with E-state index in [4.69, 9.17) is 9.52 Å². The molecule has 0 unspecified atom stereocenters. The van der Waals surface area contributed by atoms with Gasteiger partial charge in [0.25, 0.3) is 5.91 Å². The van der Waals surface area contributed by atoms with E-state index >= 15 is 0 Å². The number of hydrogen-bond donors (Lipinski definition) is 2. The molecule has 0 saturated heterocycles. The van der Waals surface area contributed by atoms with E-state index in [1.807, 2.05) is 6.92 Å². The van der Waals surface area contributed by atoms with E-state index in [0.717, 1.165) is 11.1 Å². The fraction of sp³-hybridized carbons (Fsp3) is 0.200. The predicted molar refractivity (Wildman–Crippen MR) is 72.9 cm³/mol. The van der Waals surface area contributed by atoms with Crippen molar-refractivity contribution in [1.82, 2.24) is 5.32 Å². The van der Waals surface area contributed by atoms with Crippen LogP contribution in [-0.2, 0) is 6.42 Å². The summed E-state index contributed by atoms with van der Waals surface area (Å²) < 4.78 is 5.09. The monoisotopic (exact) mass is 273 g/mol. The Bertz CT molecular complexity index is 613. The van der Waals surface area contributed by atoms with Gasteiger partial charge in [0.05, 0.1) is 11.8 Å². The summed E-state index contributed by atoms with van der Waals surface area (Å²) in [4.78, 5) is 22.5. The van der Waals surface area contributed by atoms with Crippen LogP contribution in [0.2, 0.25) is 0 Å². The number of benzene rings is 1. The molecule has 0 radical (unpaired) electrons. The zero-order chi connectivity index (χ0) is 14.5. The van der Waals surface area contributed by atoms with Gasteiger partial charge in [-0.15, -0.1) is 0 Å². The molecule has 0 aliphatic heterocycles. The van der Waals surface area contributed by atoms with E-state index in [2.05, 4.69) is 5.32 Å². The predicted octanol–water partition coefficient (Wildman–Crippen LogP) is 2.26. The minimum absolute atomic E-state index is 0.241. The summed E-state index contributed by atoms with van der Waals surface area (Å²) in [6, 6.07) is 8.33. The molecular weight excluding hydrogens is 258 g/mol. The van der Waals surface area contributed by atoms with Crippen molar-refractivity contribution >= 4 is 11.9 Å². The van der Waals surface area contributed by atoms with Crippen molar-refractivity contribution in [3.8, 4) is 0 Å².